The number of unbranched alkanes of at least 4 members (excludes halogenated alkanes) is 4. The molecule has 43 heteroatoms. The number of carbonyl (C=O) groups excluding carboxylic acids is 4. The van der Waals surface area contributed by atoms with Crippen LogP contribution in [0.4, 0.5) is 19.2 Å². The van der Waals surface area contributed by atoms with Crippen LogP contribution in [0.25, 0.3) is 0 Å². The lowest BCUT2D eigenvalue weighted by atomic mass is 10.0. The van der Waals surface area contributed by atoms with E-state index in [9.17, 15) is 45.8 Å². The van der Waals surface area contributed by atoms with Crippen molar-refractivity contribution >= 4 is 96.2 Å². The van der Waals surface area contributed by atoms with E-state index in [1.807, 2.05) is 56.0 Å². The van der Waals surface area contributed by atoms with Crippen molar-refractivity contribution in [3.8, 4) is 0 Å². The van der Waals surface area contributed by atoms with Gasteiger partial charge in [0.2, 0.25) is 10.4 Å². The van der Waals surface area contributed by atoms with E-state index < -0.39 is 44.9 Å². The van der Waals surface area contributed by atoms with Crippen LogP contribution in [0.2, 0.25) is 0 Å². The first kappa shape index (κ1) is 88.0. The number of guanidine groups is 1. The minimum atomic E-state index is -4.99. The second kappa shape index (κ2) is 40.9. The lowest BCUT2D eigenvalue weighted by Gasteiger charge is -2.39. The Labute approximate surface area is 670 Å². The van der Waals surface area contributed by atoms with E-state index in [4.69, 9.17) is 20.9 Å². The molecule has 8 amide bonds. The highest BCUT2D eigenvalue weighted by atomic mass is 32.3. The summed E-state index contributed by atoms with van der Waals surface area (Å²) in [7, 11) is -9.74. The van der Waals surface area contributed by atoms with Crippen molar-refractivity contribution in [2.24, 2.45) is 16.5 Å². The summed E-state index contributed by atoms with van der Waals surface area (Å²) in [5.41, 5.74) is 14.2. The quantitative estimate of drug-likeness (QED) is 0.00503. The Bertz CT molecular complexity index is 4210. The first-order valence-corrected chi connectivity index (χ1v) is 43.8. The van der Waals surface area contributed by atoms with Gasteiger partial charge in [0.1, 0.15) is 46.7 Å². The SMILES string of the molecule is C=C(C)NCc1nnc([C@@H]2CC[C@@H]3CN2C(=O)N3O)s1.C=C(C)NCc1nnc([C@@H]2CC[C@@H]3CN2C(=O)N3OCc2ccccc2)s1.C=C(C)NCc1nnc([C@@H]2CC[C@@H]3CN2C(=O)N3OS(=O)(=O)[O-])s1.CCCC[N+](CCCC)(CCCC)CCCC.NC(N)=NCc1nnc([C@@H]2CC[C@@H]3CN2C(=O)N3OS(=O)(=O)O)s1. The molecule has 1 aromatic carbocycles. The molecular formula is C69H107N23O14S6. The zero-order valence-electron chi connectivity index (χ0n) is 64.6. The summed E-state index contributed by atoms with van der Waals surface area (Å²) >= 11 is 5.71. The second-order valence-corrected chi connectivity index (χ2v) is 35.1. The molecular weight excluding hydrogens is 1570 g/mol. The number of benzene rings is 1. The Balaban J connectivity index is 0.000000162. The molecule has 8 aliphatic rings. The van der Waals surface area contributed by atoms with Crippen LogP contribution in [0.5, 0.6) is 0 Å². The first-order valence-electron chi connectivity index (χ1n) is 37.9. The van der Waals surface area contributed by atoms with Crippen molar-refractivity contribution in [1.82, 2.24) is 96.6 Å². The highest BCUT2D eigenvalue weighted by molar-refractivity contribution is 7.81. The maximum absolute atomic E-state index is 12.9. The molecule has 112 heavy (non-hydrogen) atoms. The van der Waals surface area contributed by atoms with Gasteiger partial charge in [0.25, 0.3) is 0 Å². The summed E-state index contributed by atoms with van der Waals surface area (Å²) in [6, 6.07) is 6.65. The highest BCUT2D eigenvalue weighted by Gasteiger charge is 2.51. The molecule has 8 saturated heterocycles. The average Bonchev–Trinajstić information content (AvgIpc) is 1.63. The number of hydroxylamine groups is 8. The number of nitrogens with one attached hydrogen (secondary N) is 3. The lowest BCUT2D eigenvalue weighted by Crippen LogP contribution is -2.50. The van der Waals surface area contributed by atoms with E-state index in [0.29, 0.717) is 90.2 Å². The summed E-state index contributed by atoms with van der Waals surface area (Å²) in [6.07, 6.45) is 16.6. The standard InChI is InChI=1S/C19H23N5O2S.C16H36N.C12H17N5O5S2.C12H17N5O2S.C10H15N7O5S2/c1-13(2)20-10-17-21-22-18(27-17)16-9-8-15-11-23(16)19(25)24(15)26-12-14-6-4-3-5-7-14;1-5-9-13-17(14-10-6-2,15-11-7-3)16-12-8-4;1-7(2)13-5-10-14-15-11(23-10)9-4-3-8-6-16(9)12(18)17(8)22-24(19,20)21;1-7(2)13-5-10-14-15-11(20-10)9-4-3-8-6-16(9)12(18)17(8)19;11-9(12)13-3-7-14-15-8(23-7)6-2-1-5-4-16(6)10(18)17(5)22-24(19,20)21/h3-7,15-16,20H,1,8-12H2,2H3;5-16H2,1-4H3;8-9,13H,1,3-6H2,2H3,(H,19,20,21);8-9,13,19H,1,3-6H2,2H3;5-6H,1-4H2,(H4,11,12,13)(H,19,20,21)/q;+1;;;/p-1/t15-,16+;;2*8-,9+;5-,6+/m1.111/s1. The monoisotopic (exact) mass is 1670 g/mol. The molecule has 37 nitrogen and oxygen atoms in total. The molecule has 4 aromatic heterocycles. The summed E-state index contributed by atoms with van der Waals surface area (Å²) in [5.74, 6) is -0.0556. The summed E-state index contributed by atoms with van der Waals surface area (Å²) < 4.78 is 72.9. The molecule has 0 spiro atoms. The van der Waals surface area contributed by atoms with Gasteiger partial charge in [0, 0.05) is 43.3 Å². The van der Waals surface area contributed by atoms with Gasteiger partial charge in [-0.15, -0.1) is 45.1 Å². The van der Waals surface area contributed by atoms with Crippen molar-refractivity contribution in [2.45, 2.75) is 232 Å². The molecule has 0 unspecified atom stereocenters. The number of hydrogen-bond donors (Lipinski definition) is 7. The minimum absolute atomic E-state index is 0.0184. The first-order chi connectivity index (χ1) is 53.4. The van der Waals surface area contributed by atoms with Gasteiger partial charge < -0.3 is 56.1 Å². The number of aromatic nitrogens is 8. The minimum Gasteiger partial charge on any atom is -0.724 e. The highest BCUT2D eigenvalue weighted by Crippen LogP contribution is 2.44. The molecule has 8 aliphatic heterocycles. The Morgan fingerprint density at radius 2 is 0.866 bits per heavy atom. The van der Waals surface area contributed by atoms with E-state index in [-0.39, 0.29) is 73.9 Å². The molecule has 8 fully saturated rings. The van der Waals surface area contributed by atoms with Crippen LogP contribution >= 0.6 is 45.3 Å². The van der Waals surface area contributed by atoms with Crippen LogP contribution in [-0.4, -0.2) is 223 Å². The van der Waals surface area contributed by atoms with E-state index >= 15 is 0 Å². The number of urea groups is 4. The number of piperidine rings is 4. The van der Waals surface area contributed by atoms with Crippen LogP contribution in [0.15, 0.2) is 72.2 Å². The predicted octanol–water partition coefficient (Wildman–Crippen LogP) is 9.21. The number of nitrogens with two attached hydrogens (primary N) is 2. The van der Waals surface area contributed by atoms with Gasteiger partial charge in [-0.1, -0.05) is 149 Å². The molecule has 0 aliphatic carbocycles. The maximum atomic E-state index is 12.9. The fourth-order valence-electron chi connectivity index (χ4n) is 14.2. The molecule has 618 valence electrons. The van der Waals surface area contributed by atoms with E-state index in [0.717, 1.165) is 78.4 Å². The Hall–Kier alpha value is -7.95. The average molecular weight is 1680 g/mol. The number of hydrogen-bond acceptors (Lipinski definition) is 29. The van der Waals surface area contributed by atoms with Crippen LogP contribution in [0.1, 0.15) is 221 Å². The van der Waals surface area contributed by atoms with Crippen molar-refractivity contribution < 1.29 is 68.2 Å². The zero-order valence-corrected chi connectivity index (χ0v) is 69.5. The predicted molar refractivity (Wildman–Crippen MR) is 419 cm³/mol. The summed E-state index contributed by atoms with van der Waals surface area (Å²) in [5, 5.41) is 62.1. The van der Waals surface area contributed by atoms with Gasteiger partial charge in [-0.05, 0) is 103 Å². The van der Waals surface area contributed by atoms with E-state index in [1.165, 1.54) is 126 Å². The molecule has 8 atom stereocenters. The van der Waals surface area contributed by atoms with Crippen molar-refractivity contribution in [1.29, 1.82) is 0 Å². The second-order valence-electron chi connectivity index (χ2n) is 28.7. The fourth-order valence-corrected chi connectivity index (χ4v) is 18.7. The fraction of sp³-hybridized carbons (Fsp3) is 0.638. The molecule has 9 N–H and O–H groups in total. The number of carbonyl (C=O) groups is 4. The van der Waals surface area contributed by atoms with Crippen LogP contribution < -0.4 is 27.4 Å². The Kier molecular flexibility index (Phi) is 32.1. The van der Waals surface area contributed by atoms with Crippen molar-refractivity contribution in [3.63, 3.8) is 0 Å². The smallest absolute Gasteiger partial charge is 0.418 e. The topological polar surface area (TPSA) is 457 Å². The van der Waals surface area contributed by atoms with Gasteiger partial charge >= 0.3 is 34.5 Å². The molecule has 13 rings (SSSR count). The molecule has 5 aromatic rings. The third-order valence-electron chi connectivity index (χ3n) is 19.9. The maximum Gasteiger partial charge on any atom is 0.418 e. The van der Waals surface area contributed by atoms with Crippen LogP contribution in [0, 0.1) is 0 Å². The largest absolute Gasteiger partial charge is 0.724 e. The number of rotatable bonds is 34. The molecule has 12 heterocycles. The lowest BCUT2D eigenvalue weighted by molar-refractivity contribution is -0.929. The normalized spacial score (nSPS) is 21.7. The number of allylic oxidation sites excluding steroid dienone is 3. The van der Waals surface area contributed by atoms with Gasteiger partial charge in [-0.25, -0.2) is 37.7 Å². The third-order valence-corrected chi connectivity index (χ3v) is 24.7. The van der Waals surface area contributed by atoms with Gasteiger partial charge in [-0.3, -0.25) is 14.6 Å². The number of quaternary nitrogens is 1. The Morgan fingerprint density at radius 1 is 0.527 bits per heavy atom. The number of fused-ring (bicyclic) bond motifs is 8. The summed E-state index contributed by atoms with van der Waals surface area (Å²) in [4.78, 5) is 65.6. The van der Waals surface area contributed by atoms with Gasteiger partial charge in [-0.2, -0.15) is 27.9 Å². The van der Waals surface area contributed by atoms with Crippen molar-refractivity contribution in [2.75, 3.05) is 52.4 Å². The van der Waals surface area contributed by atoms with Crippen molar-refractivity contribution in [3.05, 3.63) is 113 Å². The Morgan fingerprint density at radius 3 is 1.23 bits per heavy atom. The molecule has 0 radical (unpaired) electrons. The number of amides is 8. The van der Waals surface area contributed by atoms with E-state index in [1.54, 1.807) is 21.3 Å². The molecule has 8 bridgehead atoms. The van der Waals surface area contributed by atoms with Crippen LogP contribution in [-0.2, 0) is 67.0 Å². The third kappa shape index (κ3) is 24.3. The zero-order chi connectivity index (χ0) is 81.0. The molecule has 0 saturated carbocycles. The van der Waals surface area contributed by atoms with Gasteiger partial charge in [0.05, 0.1) is 101 Å². The van der Waals surface area contributed by atoms with Crippen LogP contribution in [0.3, 0.4) is 0 Å². The van der Waals surface area contributed by atoms with E-state index in [2.05, 4.69) is 118 Å². The summed E-state index contributed by atoms with van der Waals surface area (Å²) in [6.45, 7) is 36.1. The number of aliphatic imine (C=N–C) groups is 1. The van der Waals surface area contributed by atoms with Gasteiger partial charge in [0.15, 0.2) is 5.96 Å². The number of nitrogens with zero attached hydrogens (tertiary/aromatic N) is 18.